The van der Waals surface area contributed by atoms with Crippen molar-refractivity contribution in [3.63, 3.8) is 0 Å². The number of hydrogen-bond acceptors (Lipinski definition) is 2. The highest BCUT2D eigenvalue weighted by Gasteiger charge is 1.87. The summed E-state index contributed by atoms with van der Waals surface area (Å²) >= 11 is 1.02. The van der Waals surface area contributed by atoms with Crippen molar-refractivity contribution >= 4 is 53.6 Å². The van der Waals surface area contributed by atoms with Crippen molar-refractivity contribution in [1.29, 1.82) is 0 Å². The Kier molecular flexibility index (Phi) is 9.80. The van der Waals surface area contributed by atoms with Crippen molar-refractivity contribution in [3.05, 3.63) is 0 Å². The maximum atomic E-state index is 4.90. The maximum Gasteiger partial charge on any atom is 0.618 e. The second-order valence-corrected chi connectivity index (χ2v) is 4.43. The van der Waals surface area contributed by atoms with Crippen LogP contribution in [0.1, 0.15) is 0 Å². The minimum absolute atomic E-state index is 0.639. The van der Waals surface area contributed by atoms with E-state index in [1.54, 1.807) is 11.8 Å². The number of halogens is 2. The molecule has 0 amide bonds. The van der Waals surface area contributed by atoms with Gasteiger partial charge in [-0.3, -0.25) is 4.99 Å². The number of thioether (sulfide) groups is 1. The van der Waals surface area contributed by atoms with Crippen molar-refractivity contribution in [2.75, 3.05) is 12.3 Å². The molecule has 1 aliphatic heterocycles. The molecule has 5 heteroatoms. The Balaban J connectivity index is 0.000000145. The third kappa shape index (κ3) is 7.37. The number of aliphatic imine (C=N–C) groups is 1. The first-order chi connectivity index (χ1) is 3.91. The summed E-state index contributed by atoms with van der Waals surface area (Å²) in [5, 5.41) is 0. The Bertz CT molecular complexity index is 64.3. The van der Waals surface area contributed by atoms with Gasteiger partial charge < -0.3 is 18.1 Å². The van der Waals surface area contributed by atoms with E-state index in [1.165, 1.54) is 0 Å². The van der Waals surface area contributed by atoms with Gasteiger partial charge in [-0.25, -0.2) is 0 Å². The third-order valence-corrected chi connectivity index (χ3v) is 1.08. The van der Waals surface area contributed by atoms with Gasteiger partial charge in [0.15, 0.2) is 0 Å². The molecule has 0 aromatic rings. The Labute approximate surface area is 70.5 Å². The molecule has 0 aromatic heterocycles. The van der Waals surface area contributed by atoms with Gasteiger partial charge in [0.25, 0.3) is 0 Å². The van der Waals surface area contributed by atoms with Gasteiger partial charge in [-0.1, -0.05) is 0 Å². The fraction of sp³-hybridized carbons (Fsp3) is 0.667. The van der Waals surface area contributed by atoms with Gasteiger partial charge >= 0.3 is 18.2 Å². The molecule has 0 spiro atoms. The van der Waals surface area contributed by atoms with E-state index in [9.17, 15) is 0 Å². The lowest BCUT2D eigenvalue weighted by atomic mass is 10.8. The number of rotatable bonds is 0. The van der Waals surface area contributed by atoms with Crippen LogP contribution in [-0.4, -0.2) is 36.0 Å². The van der Waals surface area contributed by atoms with E-state index in [0.29, 0.717) is 0 Å². The van der Waals surface area contributed by atoms with Crippen LogP contribution in [0.15, 0.2) is 4.99 Å². The second kappa shape index (κ2) is 8.37. The van der Waals surface area contributed by atoms with Crippen molar-refractivity contribution in [2.24, 2.45) is 4.99 Å². The zero-order valence-electron chi connectivity index (χ0n) is 4.23. The summed E-state index contributed by atoms with van der Waals surface area (Å²) in [6.07, 6.45) is 0. The zero-order chi connectivity index (χ0) is 6.24. The standard InChI is InChI=1S/C3H4NS.2ClH.Mg/c1-2-5-3-4-1;;;/h1-2H2;2*1H;/q;;;+2/p-2. The van der Waals surface area contributed by atoms with Gasteiger partial charge in [0, 0.05) is 12.3 Å². The molecule has 1 rings (SSSR count). The van der Waals surface area contributed by atoms with E-state index in [0.717, 1.165) is 12.3 Å². The summed E-state index contributed by atoms with van der Waals surface area (Å²) in [5.74, 6) is 1.14. The van der Waals surface area contributed by atoms with Crippen LogP contribution in [0.3, 0.4) is 0 Å². The molecule has 0 unspecified atom stereocenters. The van der Waals surface area contributed by atoms with Gasteiger partial charge in [-0.2, -0.15) is 0 Å². The van der Waals surface area contributed by atoms with Crippen LogP contribution in [0.5, 0.6) is 0 Å². The molecule has 0 atom stereocenters. The van der Waals surface area contributed by atoms with Crippen LogP contribution in [0.4, 0.5) is 0 Å². The van der Waals surface area contributed by atoms with E-state index in [2.05, 4.69) is 10.5 Å². The maximum absolute atomic E-state index is 4.90. The Morgan fingerprint density at radius 2 is 2.25 bits per heavy atom. The Morgan fingerprint density at radius 1 is 1.62 bits per heavy atom. The molecule has 0 N–H and O–H groups in total. The minimum Gasteiger partial charge on any atom is -0.309 e. The van der Waals surface area contributed by atoms with E-state index < -0.39 is 18.2 Å². The highest BCUT2D eigenvalue weighted by atomic mass is 35.6. The quantitative estimate of drug-likeness (QED) is 0.518. The van der Waals surface area contributed by atoms with Crippen molar-refractivity contribution in [1.82, 2.24) is 0 Å². The first-order valence-electron chi connectivity index (χ1n) is 2.07. The van der Waals surface area contributed by atoms with E-state index in [1.807, 2.05) is 0 Å². The molecule has 8 heavy (non-hydrogen) atoms. The van der Waals surface area contributed by atoms with Gasteiger partial charge in [-0.15, -0.1) is 11.8 Å². The fourth-order valence-electron chi connectivity index (χ4n) is 0.228. The topological polar surface area (TPSA) is 12.4 Å². The van der Waals surface area contributed by atoms with Gasteiger partial charge in [0.2, 0.25) is 0 Å². The molecule has 0 bridgehead atoms. The monoisotopic (exact) mass is 180 g/mol. The largest absolute Gasteiger partial charge is 0.618 e. The molecule has 1 aliphatic rings. The first-order valence-corrected chi connectivity index (χ1v) is 7.33. The summed E-state index contributed by atoms with van der Waals surface area (Å²) in [6.45, 7) is 0.977. The molecule has 0 aromatic carbocycles. The molecule has 43 valence electrons. The fourth-order valence-corrected chi connectivity index (χ4v) is 0.685. The summed E-state index contributed by atoms with van der Waals surface area (Å²) in [5.41, 5.74) is 2.76. The lowest BCUT2D eigenvalue weighted by Gasteiger charge is -1.66. The molecule has 0 saturated carbocycles. The van der Waals surface area contributed by atoms with Crippen LogP contribution >= 0.6 is 29.9 Å². The van der Waals surface area contributed by atoms with E-state index in [4.69, 9.17) is 18.1 Å². The zero-order valence-corrected chi connectivity index (χ0v) is 7.98. The van der Waals surface area contributed by atoms with Crippen LogP contribution < -0.4 is 0 Å². The molecular weight excluding hydrogens is 177 g/mol. The Morgan fingerprint density at radius 3 is 2.38 bits per heavy atom. The van der Waals surface area contributed by atoms with Crippen LogP contribution in [-0.2, 0) is 0 Å². The van der Waals surface area contributed by atoms with E-state index in [-0.39, 0.29) is 0 Å². The summed E-state index contributed by atoms with van der Waals surface area (Å²) in [6, 6.07) is 0. The average molecular weight is 181 g/mol. The van der Waals surface area contributed by atoms with Crippen molar-refractivity contribution < 1.29 is 0 Å². The normalized spacial score (nSPS) is 14.2. The molecule has 0 aliphatic carbocycles. The lowest BCUT2D eigenvalue weighted by Crippen LogP contribution is -1.69. The summed E-state index contributed by atoms with van der Waals surface area (Å²) in [7, 11) is 9.81. The lowest BCUT2D eigenvalue weighted by molar-refractivity contribution is 1.18. The number of nitrogens with zero attached hydrogens (tertiary/aromatic N) is 1. The second-order valence-electron chi connectivity index (χ2n) is 0.922. The molecule has 1 radical (unpaired) electrons. The minimum atomic E-state index is -0.639. The van der Waals surface area contributed by atoms with Crippen LogP contribution in [0.2, 0.25) is 0 Å². The SMILES string of the molecule is [C]1=NCCS1.[Cl][Mg][Cl]. The molecular formula is C3H4Cl2MgNS. The molecule has 0 fully saturated rings. The van der Waals surface area contributed by atoms with Crippen LogP contribution in [0, 0.1) is 0 Å². The van der Waals surface area contributed by atoms with Gasteiger partial charge in [0.1, 0.15) is 5.55 Å². The Hall–Kier alpha value is 1.37. The average Bonchev–Trinajstić information content (AvgIpc) is 2.17. The highest BCUT2D eigenvalue weighted by Crippen LogP contribution is 1.99. The number of hydrogen-bond donors (Lipinski definition) is 0. The molecule has 1 heterocycles. The van der Waals surface area contributed by atoms with Crippen LogP contribution in [0.25, 0.3) is 0 Å². The third-order valence-electron chi connectivity index (χ3n) is 0.434. The van der Waals surface area contributed by atoms with Crippen molar-refractivity contribution in [3.8, 4) is 0 Å². The smallest absolute Gasteiger partial charge is 0.309 e. The van der Waals surface area contributed by atoms with Crippen molar-refractivity contribution in [2.45, 2.75) is 0 Å². The molecule has 1 nitrogen and oxygen atoms in total. The first kappa shape index (κ1) is 9.37. The highest BCUT2D eigenvalue weighted by molar-refractivity contribution is 8.12. The van der Waals surface area contributed by atoms with Gasteiger partial charge in [0.05, 0.1) is 0 Å². The molecule has 0 saturated heterocycles. The predicted molar refractivity (Wildman–Crippen MR) is 42.2 cm³/mol. The summed E-state index contributed by atoms with van der Waals surface area (Å²) in [4.78, 5) is 3.80. The predicted octanol–water partition coefficient (Wildman–Crippen LogP) is 1.64. The van der Waals surface area contributed by atoms with Gasteiger partial charge in [-0.05, 0) is 0 Å². The van der Waals surface area contributed by atoms with E-state index >= 15 is 0 Å². The summed E-state index contributed by atoms with van der Waals surface area (Å²) < 4.78 is 0.